The Labute approximate surface area is 138 Å². The van der Waals surface area contributed by atoms with E-state index in [0.717, 1.165) is 5.56 Å². The maximum Gasteiger partial charge on any atom is 0.255 e. The fourth-order valence-corrected chi connectivity index (χ4v) is 3.06. The van der Waals surface area contributed by atoms with E-state index in [2.05, 4.69) is 10.4 Å². The molecule has 1 aromatic heterocycles. The Morgan fingerprint density at radius 3 is 2.78 bits per heavy atom. The van der Waals surface area contributed by atoms with E-state index < -0.39 is 0 Å². The summed E-state index contributed by atoms with van der Waals surface area (Å²) in [5, 5.41) is 26.9. The second kappa shape index (κ2) is 6.22. The van der Waals surface area contributed by atoms with Crippen LogP contribution in [0.2, 0.25) is 5.02 Å². The number of carbonyl (C=O) groups excluding carboxylic acids is 1. The number of aryl methyl sites for hydroxylation is 1. The van der Waals surface area contributed by atoms with Crippen LogP contribution in [-0.4, -0.2) is 32.0 Å². The number of aliphatic hydroxyl groups is 1. The molecule has 1 saturated carbocycles. The minimum Gasteiger partial charge on any atom is -0.507 e. The number of phenolic OH excluding ortho intramolecular Hbond substituents is 1. The molecule has 7 heteroatoms. The summed E-state index contributed by atoms with van der Waals surface area (Å²) >= 11 is 5.79. The molecule has 1 fully saturated rings. The van der Waals surface area contributed by atoms with Gasteiger partial charge in [-0.25, -0.2) is 0 Å². The van der Waals surface area contributed by atoms with Gasteiger partial charge >= 0.3 is 0 Å². The average Bonchev–Trinajstić information content (AvgIpc) is 2.88. The number of phenols is 1. The van der Waals surface area contributed by atoms with Crippen LogP contribution in [-0.2, 0) is 7.05 Å². The number of hydrogen-bond donors (Lipinski definition) is 3. The van der Waals surface area contributed by atoms with Gasteiger partial charge in [0.05, 0.1) is 23.9 Å². The molecule has 23 heavy (non-hydrogen) atoms. The number of benzene rings is 1. The van der Waals surface area contributed by atoms with Crippen molar-refractivity contribution in [2.45, 2.75) is 25.0 Å². The fourth-order valence-electron chi connectivity index (χ4n) is 2.89. The summed E-state index contributed by atoms with van der Waals surface area (Å²) in [5.41, 5.74) is 1.05. The molecule has 1 amide bonds. The highest BCUT2D eigenvalue weighted by Gasteiger charge is 2.36. The van der Waals surface area contributed by atoms with Gasteiger partial charge in [-0.1, -0.05) is 11.6 Å². The molecule has 1 atom stereocenters. The Hall–Kier alpha value is -2.05. The van der Waals surface area contributed by atoms with Crippen molar-refractivity contribution >= 4 is 17.5 Å². The maximum absolute atomic E-state index is 12.5. The Balaban J connectivity index is 1.81. The molecule has 0 bridgehead atoms. The highest BCUT2D eigenvalue weighted by Crippen LogP contribution is 2.38. The quantitative estimate of drug-likeness (QED) is 0.797. The first-order valence-electron chi connectivity index (χ1n) is 7.40. The zero-order chi connectivity index (χ0) is 16.6. The van der Waals surface area contributed by atoms with E-state index in [-0.39, 0.29) is 35.3 Å². The Bertz CT molecular complexity index is 725. The molecule has 0 aliphatic heterocycles. The van der Waals surface area contributed by atoms with Gasteiger partial charge in [-0.05, 0) is 37.0 Å². The molecule has 1 aliphatic rings. The van der Waals surface area contributed by atoms with Crippen molar-refractivity contribution in [3.05, 3.63) is 46.7 Å². The monoisotopic (exact) mass is 335 g/mol. The van der Waals surface area contributed by atoms with Gasteiger partial charge in [-0.3, -0.25) is 9.48 Å². The predicted octanol–water partition coefficient (Wildman–Crippen LogP) is 2.02. The minimum atomic E-state index is -0.380. The van der Waals surface area contributed by atoms with Crippen LogP contribution in [0.15, 0.2) is 30.6 Å². The molecule has 0 spiro atoms. The Morgan fingerprint density at radius 2 is 2.22 bits per heavy atom. The molecule has 0 saturated heterocycles. The van der Waals surface area contributed by atoms with Crippen LogP contribution in [0.1, 0.15) is 34.8 Å². The molecule has 3 N–H and O–H groups in total. The first kappa shape index (κ1) is 15.8. The van der Waals surface area contributed by atoms with Crippen LogP contribution in [0, 0.1) is 5.92 Å². The van der Waals surface area contributed by atoms with Crippen molar-refractivity contribution in [1.29, 1.82) is 0 Å². The smallest absolute Gasteiger partial charge is 0.255 e. The van der Waals surface area contributed by atoms with Crippen LogP contribution in [0.3, 0.4) is 0 Å². The van der Waals surface area contributed by atoms with E-state index >= 15 is 0 Å². The summed E-state index contributed by atoms with van der Waals surface area (Å²) in [5.74, 6) is -0.393. The first-order chi connectivity index (χ1) is 10.9. The maximum atomic E-state index is 12.5. The molecule has 3 rings (SSSR count). The van der Waals surface area contributed by atoms with Gasteiger partial charge in [0.25, 0.3) is 5.91 Å². The van der Waals surface area contributed by atoms with Gasteiger partial charge in [0.1, 0.15) is 5.75 Å². The highest BCUT2D eigenvalue weighted by molar-refractivity contribution is 6.30. The number of aliphatic hydroxyl groups excluding tert-OH is 1. The zero-order valence-corrected chi connectivity index (χ0v) is 13.4. The van der Waals surface area contributed by atoms with E-state index in [1.165, 1.54) is 12.1 Å². The van der Waals surface area contributed by atoms with Gasteiger partial charge in [-0.15, -0.1) is 0 Å². The molecule has 1 aliphatic carbocycles. The van der Waals surface area contributed by atoms with Crippen LogP contribution in [0.4, 0.5) is 0 Å². The van der Waals surface area contributed by atoms with Gasteiger partial charge in [0, 0.05) is 23.8 Å². The van der Waals surface area contributed by atoms with Crippen molar-refractivity contribution in [3.63, 3.8) is 0 Å². The molecular formula is C16H18ClN3O3. The molecule has 122 valence electrons. The Kier molecular flexibility index (Phi) is 4.28. The van der Waals surface area contributed by atoms with E-state index in [9.17, 15) is 15.0 Å². The summed E-state index contributed by atoms with van der Waals surface area (Å²) < 4.78 is 1.67. The van der Waals surface area contributed by atoms with E-state index in [1.807, 2.05) is 13.2 Å². The average molecular weight is 336 g/mol. The normalized spacial score (nSPS) is 21.5. The van der Waals surface area contributed by atoms with Crippen LogP contribution in [0.5, 0.6) is 5.75 Å². The van der Waals surface area contributed by atoms with Crippen molar-refractivity contribution in [3.8, 4) is 5.75 Å². The minimum absolute atomic E-state index is 0.146. The molecule has 0 unspecified atom stereocenters. The van der Waals surface area contributed by atoms with Crippen molar-refractivity contribution in [1.82, 2.24) is 15.1 Å². The number of hydrogen-bond acceptors (Lipinski definition) is 4. The molecule has 2 aromatic rings. The lowest BCUT2D eigenvalue weighted by Gasteiger charge is -2.37. The van der Waals surface area contributed by atoms with Crippen LogP contribution in [0.25, 0.3) is 0 Å². The lowest BCUT2D eigenvalue weighted by Crippen LogP contribution is -2.41. The SMILES string of the molecule is Cn1cc([C@H](NC(=O)c2ccc(Cl)cc2O)C2CC(O)C2)cn1. The molecule has 1 heterocycles. The lowest BCUT2D eigenvalue weighted by molar-refractivity contribution is 0.0235. The second-order valence-electron chi connectivity index (χ2n) is 5.95. The number of nitrogens with zero attached hydrogens (tertiary/aromatic N) is 2. The third kappa shape index (κ3) is 3.33. The summed E-state index contributed by atoms with van der Waals surface area (Å²) in [6.07, 6.45) is 4.49. The molecule has 0 radical (unpaired) electrons. The topological polar surface area (TPSA) is 87.4 Å². The Morgan fingerprint density at radius 1 is 1.48 bits per heavy atom. The molecule has 6 nitrogen and oxygen atoms in total. The number of aromatic hydroxyl groups is 1. The third-order valence-electron chi connectivity index (χ3n) is 4.20. The lowest BCUT2D eigenvalue weighted by atomic mass is 9.75. The zero-order valence-electron chi connectivity index (χ0n) is 12.6. The van der Waals surface area contributed by atoms with Crippen molar-refractivity contribution < 1.29 is 15.0 Å². The highest BCUT2D eigenvalue weighted by atomic mass is 35.5. The van der Waals surface area contributed by atoms with E-state index in [0.29, 0.717) is 17.9 Å². The number of carbonyl (C=O) groups is 1. The van der Waals surface area contributed by atoms with Gasteiger partial charge < -0.3 is 15.5 Å². The number of nitrogens with one attached hydrogen (secondary N) is 1. The second-order valence-corrected chi connectivity index (χ2v) is 6.38. The summed E-state index contributed by atoms with van der Waals surface area (Å²) in [4.78, 5) is 12.5. The number of aromatic nitrogens is 2. The number of rotatable bonds is 4. The molecule has 1 aromatic carbocycles. The van der Waals surface area contributed by atoms with Crippen LogP contribution >= 0.6 is 11.6 Å². The molecular weight excluding hydrogens is 318 g/mol. The van der Waals surface area contributed by atoms with E-state index in [1.54, 1.807) is 16.9 Å². The van der Waals surface area contributed by atoms with Crippen molar-refractivity contribution in [2.75, 3.05) is 0 Å². The number of halogens is 1. The summed E-state index contributed by atoms with van der Waals surface area (Å²) in [6.45, 7) is 0. The predicted molar refractivity (Wildman–Crippen MR) is 85.3 cm³/mol. The summed E-state index contributed by atoms with van der Waals surface area (Å²) in [6, 6.07) is 4.13. The standard InChI is InChI=1S/C16H18ClN3O3/c1-20-8-10(7-18-20)15(9-4-12(21)5-9)19-16(23)13-3-2-11(17)6-14(13)22/h2-3,6-9,12,15,21-22H,4-5H2,1H3,(H,19,23)/t9?,12?,15-/m1/s1. The van der Waals surface area contributed by atoms with Crippen molar-refractivity contribution in [2.24, 2.45) is 13.0 Å². The van der Waals surface area contributed by atoms with Gasteiger partial charge in [-0.2, -0.15) is 5.10 Å². The fraction of sp³-hybridized carbons (Fsp3) is 0.375. The van der Waals surface area contributed by atoms with Gasteiger partial charge in [0.15, 0.2) is 0 Å². The number of amides is 1. The summed E-state index contributed by atoms with van der Waals surface area (Å²) in [7, 11) is 1.81. The van der Waals surface area contributed by atoms with E-state index in [4.69, 9.17) is 11.6 Å². The largest absolute Gasteiger partial charge is 0.507 e. The third-order valence-corrected chi connectivity index (χ3v) is 4.43. The first-order valence-corrected chi connectivity index (χ1v) is 7.78. The van der Waals surface area contributed by atoms with Crippen LogP contribution < -0.4 is 5.32 Å². The van der Waals surface area contributed by atoms with Gasteiger partial charge in [0.2, 0.25) is 0 Å².